The lowest BCUT2D eigenvalue weighted by Gasteiger charge is -2.54. The van der Waals surface area contributed by atoms with Crippen molar-refractivity contribution < 1.29 is 14.9 Å². The Hall–Kier alpha value is -1.06. The van der Waals surface area contributed by atoms with Gasteiger partial charge in [0.05, 0.1) is 18.8 Å². The second-order valence-electron chi connectivity index (χ2n) is 8.58. The quantitative estimate of drug-likeness (QED) is 0.870. The Morgan fingerprint density at radius 2 is 2.00 bits per heavy atom. The zero-order valence-corrected chi connectivity index (χ0v) is 15.1. The number of aryl methyl sites for hydroxylation is 1. The van der Waals surface area contributed by atoms with Gasteiger partial charge in [-0.25, -0.2) is 0 Å². The molecule has 4 rings (SSSR count). The number of rotatable bonds is 2. The Morgan fingerprint density at radius 1 is 1.21 bits per heavy atom. The number of hydrogen-bond donors (Lipinski definition) is 2. The summed E-state index contributed by atoms with van der Waals surface area (Å²) >= 11 is 0. The molecule has 132 valence electrons. The first-order valence-electron chi connectivity index (χ1n) is 9.48. The minimum Gasteiger partial charge on any atom is -0.497 e. The van der Waals surface area contributed by atoms with Crippen LogP contribution in [0.15, 0.2) is 18.2 Å². The summed E-state index contributed by atoms with van der Waals surface area (Å²) in [7, 11) is 1.73. The number of benzene rings is 1. The predicted octanol–water partition coefficient (Wildman–Crippen LogP) is 3.66. The van der Waals surface area contributed by atoms with Crippen molar-refractivity contribution in [2.24, 2.45) is 17.3 Å². The van der Waals surface area contributed by atoms with Crippen molar-refractivity contribution in [2.75, 3.05) is 7.11 Å². The molecule has 0 heterocycles. The van der Waals surface area contributed by atoms with E-state index in [2.05, 4.69) is 25.1 Å². The molecule has 2 N–H and O–H groups in total. The van der Waals surface area contributed by atoms with Gasteiger partial charge in [0.2, 0.25) is 0 Å². The maximum absolute atomic E-state index is 11.2. The summed E-state index contributed by atoms with van der Waals surface area (Å²) in [5.74, 6) is 2.72. The molecular weight excluding hydrogens is 300 g/mol. The van der Waals surface area contributed by atoms with Crippen LogP contribution in [0.25, 0.3) is 0 Å². The largest absolute Gasteiger partial charge is 0.497 e. The van der Waals surface area contributed by atoms with Gasteiger partial charge in [0.15, 0.2) is 0 Å². The molecule has 0 radical (unpaired) electrons. The highest BCUT2D eigenvalue weighted by Gasteiger charge is 2.63. The minimum atomic E-state index is -0.914. The van der Waals surface area contributed by atoms with Gasteiger partial charge in [0.25, 0.3) is 0 Å². The Morgan fingerprint density at radius 3 is 2.71 bits per heavy atom. The fraction of sp³-hybridized carbons (Fsp3) is 0.714. The second-order valence-corrected chi connectivity index (χ2v) is 8.58. The van der Waals surface area contributed by atoms with E-state index in [1.54, 1.807) is 14.0 Å². The van der Waals surface area contributed by atoms with Crippen molar-refractivity contribution in [1.29, 1.82) is 0 Å². The molecule has 0 spiro atoms. The Balaban J connectivity index is 1.68. The molecule has 24 heavy (non-hydrogen) atoms. The van der Waals surface area contributed by atoms with E-state index in [4.69, 9.17) is 4.74 Å². The number of aliphatic hydroxyl groups excluding tert-OH is 1. The third-order valence-corrected chi connectivity index (χ3v) is 7.84. The highest BCUT2D eigenvalue weighted by Crippen LogP contribution is 2.65. The summed E-state index contributed by atoms with van der Waals surface area (Å²) in [6.45, 7) is 4.00. The van der Waals surface area contributed by atoms with E-state index in [0.29, 0.717) is 17.8 Å². The van der Waals surface area contributed by atoms with Gasteiger partial charge in [-0.2, -0.15) is 0 Å². The normalized spacial score (nSPS) is 42.0. The lowest BCUT2D eigenvalue weighted by molar-refractivity contribution is -0.159. The molecule has 3 nitrogen and oxygen atoms in total. The number of fused-ring (bicyclic) bond motifs is 5. The molecule has 2 saturated carbocycles. The van der Waals surface area contributed by atoms with Gasteiger partial charge in [-0.1, -0.05) is 13.0 Å². The zero-order valence-electron chi connectivity index (χ0n) is 15.1. The van der Waals surface area contributed by atoms with E-state index >= 15 is 0 Å². The van der Waals surface area contributed by atoms with Gasteiger partial charge in [0, 0.05) is 5.41 Å². The Kier molecular flexibility index (Phi) is 3.74. The standard InChI is InChI=1S/C21H30O3/c1-13(22)21(23)11-9-19-18-6-4-14-12-15(24-3)5-7-16(14)17(18)8-10-20(19,21)2/h5,7,12-13,17-19,22-23H,4,6,8-11H2,1-3H3/t13?,17-,18-,19+,20+,21+/m1/s1. The van der Waals surface area contributed by atoms with Gasteiger partial charge >= 0.3 is 0 Å². The maximum atomic E-state index is 11.2. The highest BCUT2D eigenvalue weighted by molar-refractivity contribution is 5.41. The van der Waals surface area contributed by atoms with E-state index in [1.807, 2.05) is 0 Å². The van der Waals surface area contributed by atoms with E-state index < -0.39 is 11.7 Å². The van der Waals surface area contributed by atoms with Gasteiger partial charge in [0.1, 0.15) is 5.75 Å². The summed E-state index contributed by atoms with van der Waals surface area (Å²) in [6, 6.07) is 6.57. The third-order valence-electron chi connectivity index (χ3n) is 7.84. The summed E-state index contributed by atoms with van der Waals surface area (Å²) in [5, 5.41) is 21.5. The summed E-state index contributed by atoms with van der Waals surface area (Å²) < 4.78 is 5.39. The average Bonchev–Trinajstić information content (AvgIpc) is 2.87. The van der Waals surface area contributed by atoms with Gasteiger partial charge < -0.3 is 14.9 Å². The van der Waals surface area contributed by atoms with Crippen molar-refractivity contribution in [3.05, 3.63) is 29.3 Å². The van der Waals surface area contributed by atoms with E-state index in [-0.39, 0.29) is 5.41 Å². The van der Waals surface area contributed by atoms with Gasteiger partial charge in [-0.05, 0) is 86.5 Å². The van der Waals surface area contributed by atoms with Crippen LogP contribution in [0.5, 0.6) is 5.75 Å². The van der Waals surface area contributed by atoms with Crippen LogP contribution >= 0.6 is 0 Å². The SMILES string of the molecule is COc1ccc2c(c1)CC[C@@H]1[C@@H]2CC[C@@]2(C)[C@H]1CC[C@]2(O)C(C)O. The second kappa shape index (κ2) is 5.47. The lowest BCUT2D eigenvalue weighted by atomic mass is 9.52. The first kappa shape index (κ1) is 16.4. The van der Waals surface area contributed by atoms with E-state index in [0.717, 1.165) is 37.9 Å². The van der Waals surface area contributed by atoms with Crippen LogP contribution in [0.1, 0.15) is 63.0 Å². The molecule has 2 fully saturated rings. The molecule has 0 bridgehead atoms. The number of aliphatic hydroxyl groups is 2. The molecule has 0 aliphatic heterocycles. The van der Waals surface area contributed by atoms with Crippen molar-refractivity contribution in [3.8, 4) is 5.75 Å². The lowest BCUT2D eigenvalue weighted by Crippen LogP contribution is -2.55. The highest BCUT2D eigenvalue weighted by atomic mass is 16.5. The first-order valence-corrected chi connectivity index (χ1v) is 9.48. The van der Waals surface area contributed by atoms with Crippen molar-refractivity contribution in [1.82, 2.24) is 0 Å². The smallest absolute Gasteiger partial charge is 0.119 e. The zero-order chi connectivity index (χ0) is 17.1. The van der Waals surface area contributed by atoms with Crippen LogP contribution in [-0.2, 0) is 6.42 Å². The monoisotopic (exact) mass is 330 g/mol. The van der Waals surface area contributed by atoms with Crippen LogP contribution in [0.4, 0.5) is 0 Å². The molecule has 1 aromatic carbocycles. The predicted molar refractivity (Wildman–Crippen MR) is 94.2 cm³/mol. The van der Waals surface area contributed by atoms with Crippen LogP contribution in [0.2, 0.25) is 0 Å². The molecule has 0 saturated heterocycles. The molecular formula is C21H30O3. The molecule has 3 aliphatic carbocycles. The minimum absolute atomic E-state index is 0.147. The summed E-state index contributed by atoms with van der Waals surface area (Å²) in [6.07, 6.45) is 5.56. The molecule has 3 aliphatic rings. The van der Waals surface area contributed by atoms with Crippen LogP contribution in [0, 0.1) is 17.3 Å². The molecule has 1 unspecified atom stereocenters. The fourth-order valence-corrected chi connectivity index (χ4v) is 6.42. The average molecular weight is 330 g/mol. The first-order chi connectivity index (χ1) is 11.4. The van der Waals surface area contributed by atoms with Crippen LogP contribution < -0.4 is 4.74 Å². The van der Waals surface area contributed by atoms with Crippen molar-refractivity contribution in [2.45, 2.75) is 70.0 Å². The summed E-state index contributed by atoms with van der Waals surface area (Å²) in [4.78, 5) is 0. The van der Waals surface area contributed by atoms with E-state index in [9.17, 15) is 10.2 Å². The maximum Gasteiger partial charge on any atom is 0.119 e. The Labute approximate surface area is 145 Å². The van der Waals surface area contributed by atoms with E-state index in [1.165, 1.54) is 17.5 Å². The number of methoxy groups -OCH3 is 1. The van der Waals surface area contributed by atoms with Gasteiger partial charge in [-0.3, -0.25) is 0 Å². The molecule has 1 aromatic rings. The fourth-order valence-electron chi connectivity index (χ4n) is 6.42. The van der Waals surface area contributed by atoms with Crippen LogP contribution in [0.3, 0.4) is 0 Å². The third kappa shape index (κ3) is 2.04. The molecule has 0 aromatic heterocycles. The number of hydrogen-bond acceptors (Lipinski definition) is 3. The topological polar surface area (TPSA) is 49.7 Å². The summed E-state index contributed by atoms with van der Waals surface area (Å²) in [5.41, 5.74) is 1.89. The number of ether oxygens (including phenoxy) is 1. The molecule has 3 heteroatoms. The molecule has 6 atom stereocenters. The Bertz CT molecular complexity index is 640. The molecule has 0 amide bonds. The van der Waals surface area contributed by atoms with Crippen molar-refractivity contribution in [3.63, 3.8) is 0 Å². The van der Waals surface area contributed by atoms with Crippen molar-refractivity contribution >= 4 is 0 Å². The van der Waals surface area contributed by atoms with Gasteiger partial charge in [-0.15, -0.1) is 0 Å². The van der Waals surface area contributed by atoms with Crippen LogP contribution in [-0.4, -0.2) is 29.0 Å².